The van der Waals surface area contributed by atoms with Crippen LogP contribution in [-0.4, -0.2) is 39.5 Å². The van der Waals surface area contributed by atoms with E-state index in [0.29, 0.717) is 26.4 Å². The summed E-state index contributed by atoms with van der Waals surface area (Å²) in [6.45, 7) is 5.15. The molecule has 0 spiro atoms. The number of nitrogens with zero attached hydrogens (tertiary/aromatic N) is 1. The van der Waals surface area contributed by atoms with Gasteiger partial charge in [0.1, 0.15) is 0 Å². The Bertz CT molecular complexity index is 722. The van der Waals surface area contributed by atoms with E-state index in [0.717, 1.165) is 15.6 Å². The van der Waals surface area contributed by atoms with Gasteiger partial charge in [-0.15, -0.1) is 0 Å². The van der Waals surface area contributed by atoms with Gasteiger partial charge in [-0.05, 0) is 37.1 Å². The second kappa shape index (κ2) is 9.85. The van der Waals surface area contributed by atoms with E-state index in [9.17, 15) is 0 Å². The van der Waals surface area contributed by atoms with Crippen LogP contribution in [0.5, 0.6) is 0 Å². The van der Waals surface area contributed by atoms with E-state index in [1.165, 1.54) is 31.6 Å². The lowest BCUT2D eigenvalue weighted by molar-refractivity contribution is -0.0443. The van der Waals surface area contributed by atoms with Crippen LogP contribution in [0.3, 0.4) is 0 Å². The molecule has 0 amide bonds. The van der Waals surface area contributed by atoms with Gasteiger partial charge in [-0.3, -0.25) is 0 Å². The SMILES string of the molecule is Brc1cccc(C2OCCO2)c1.c1cc(C2OCCO2)cc(N2CCCC2)c1. The first-order valence-electron chi connectivity index (χ1n) is 9.86. The third kappa shape index (κ3) is 5.13. The monoisotopic (exact) mass is 447 g/mol. The van der Waals surface area contributed by atoms with Gasteiger partial charge in [-0.25, -0.2) is 0 Å². The van der Waals surface area contributed by atoms with Gasteiger partial charge in [0, 0.05) is 34.4 Å². The van der Waals surface area contributed by atoms with Crippen LogP contribution < -0.4 is 4.90 Å². The van der Waals surface area contributed by atoms with Gasteiger partial charge >= 0.3 is 0 Å². The van der Waals surface area contributed by atoms with Crippen LogP contribution in [0, 0.1) is 0 Å². The van der Waals surface area contributed by atoms with Gasteiger partial charge in [0.05, 0.1) is 26.4 Å². The van der Waals surface area contributed by atoms with E-state index >= 15 is 0 Å². The summed E-state index contributed by atoms with van der Waals surface area (Å²) in [5, 5.41) is 0. The molecule has 3 heterocycles. The predicted octanol–water partition coefficient (Wildman–Crippen LogP) is 4.83. The molecular weight excluding hydrogens is 422 g/mol. The minimum absolute atomic E-state index is 0.150. The standard InChI is InChI=1S/C13H17NO2.C9H9BrO2/c1-2-7-14(6-1)12-5-3-4-11(10-12)13-15-8-9-16-13;10-8-3-1-2-7(6-8)9-11-4-5-12-9/h3-5,10,13H,1-2,6-9H2;1-3,6,9H,4-5H2. The zero-order valence-electron chi connectivity index (χ0n) is 15.9. The summed E-state index contributed by atoms with van der Waals surface area (Å²) in [7, 11) is 0. The number of anilines is 1. The zero-order chi connectivity index (χ0) is 19.2. The summed E-state index contributed by atoms with van der Waals surface area (Å²) in [5.74, 6) is 0. The fraction of sp³-hybridized carbons (Fsp3) is 0.455. The van der Waals surface area contributed by atoms with Crippen LogP contribution in [0.25, 0.3) is 0 Å². The molecule has 5 rings (SSSR count). The fourth-order valence-corrected chi connectivity index (χ4v) is 4.02. The lowest BCUT2D eigenvalue weighted by atomic mass is 10.2. The highest BCUT2D eigenvalue weighted by atomic mass is 79.9. The van der Waals surface area contributed by atoms with E-state index in [-0.39, 0.29) is 12.6 Å². The van der Waals surface area contributed by atoms with Gasteiger partial charge in [0.2, 0.25) is 0 Å². The Morgan fingerprint density at radius 1 is 0.714 bits per heavy atom. The first kappa shape index (κ1) is 19.9. The van der Waals surface area contributed by atoms with E-state index in [1.807, 2.05) is 24.3 Å². The van der Waals surface area contributed by atoms with Gasteiger partial charge < -0.3 is 23.8 Å². The minimum atomic E-state index is -0.164. The predicted molar refractivity (Wildman–Crippen MR) is 111 cm³/mol. The molecule has 0 radical (unpaired) electrons. The molecule has 3 fully saturated rings. The maximum absolute atomic E-state index is 5.52. The topological polar surface area (TPSA) is 40.2 Å². The molecule has 0 N–H and O–H groups in total. The second-order valence-corrected chi connectivity index (χ2v) is 7.91. The smallest absolute Gasteiger partial charge is 0.184 e. The van der Waals surface area contributed by atoms with Crippen LogP contribution in [0.2, 0.25) is 0 Å². The molecule has 5 nitrogen and oxygen atoms in total. The lowest BCUT2D eigenvalue weighted by Gasteiger charge is -2.19. The molecule has 28 heavy (non-hydrogen) atoms. The number of hydrogen-bond donors (Lipinski definition) is 0. The number of ether oxygens (including phenoxy) is 4. The molecule has 3 aliphatic rings. The highest BCUT2D eigenvalue weighted by molar-refractivity contribution is 9.10. The largest absolute Gasteiger partial charge is 0.372 e. The Labute approximate surface area is 174 Å². The Morgan fingerprint density at radius 2 is 1.25 bits per heavy atom. The molecule has 3 aliphatic heterocycles. The maximum Gasteiger partial charge on any atom is 0.184 e. The number of hydrogen-bond acceptors (Lipinski definition) is 5. The minimum Gasteiger partial charge on any atom is -0.372 e. The van der Waals surface area contributed by atoms with Crippen molar-refractivity contribution in [3.63, 3.8) is 0 Å². The number of benzene rings is 2. The molecule has 0 aromatic heterocycles. The van der Waals surface area contributed by atoms with Gasteiger partial charge in [0.25, 0.3) is 0 Å². The molecular formula is C22H26BrNO4. The molecule has 3 saturated heterocycles. The van der Waals surface area contributed by atoms with Crippen molar-refractivity contribution in [3.05, 3.63) is 64.1 Å². The van der Waals surface area contributed by atoms with Crippen LogP contribution >= 0.6 is 15.9 Å². The quantitative estimate of drug-likeness (QED) is 0.673. The normalized spacial score (nSPS) is 20.4. The average Bonchev–Trinajstić information content (AvgIpc) is 3.52. The molecule has 0 bridgehead atoms. The lowest BCUT2D eigenvalue weighted by Crippen LogP contribution is -2.17. The van der Waals surface area contributed by atoms with Crippen LogP contribution in [0.15, 0.2) is 53.0 Å². The first-order chi connectivity index (χ1) is 13.8. The van der Waals surface area contributed by atoms with E-state index < -0.39 is 0 Å². The number of halogens is 1. The Hall–Kier alpha value is -1.44. The Morgan fingerprint density at radius 3 is 1.82 bits per heavy atom. The molecule has 0 saturated carbocycles. The molecule has 6 heteroatoms. The van der Waals surface area contributed by atoms with Gasteiger partial charge in [0.15, 0.2) is 12.6 Å². The fourth-order valence-electron chi connectivity index (χ4n) is 3.60. The van der Waals surface area contributed by atoms with Crippen molar-refractivity contribution in [1.29, 1.82) is 0 Å². The van der Waals surface area contributed by atoms with Crippen molar-refractivity contribution in [1.82, 2.24) is 0 Å². The average molecular weight is 448 g/mol. The summed E-state index contributed by atoms with van der Waals surface area (Å²) < 4.78 is 22.8. The summed E-state index contributed by atoms with van der Waals surface area (Å²) in [5.41, 5.74) is 3.51. The Kier molecular flexibility index (Phi) is 6.99. The molecule has 2 aromatic rings. The highest BCUT2D eigenvalue weighted by Gasteiger charge is 2.20. The third-order valence-corrected chi connectivity index (χ3v) is 5.47. The van der Waals surface area contributed by atoms with Crippen molar-refractivity contribution in [2.45, 2.75) is 25.4 Å². The van der Waals surface area contributed by atoms with Crippen molar-refractivity contribution >= 4 is 21.6 Å². The third-order valence-electron chi connectivity index (χ3n) is 4.98. The van der Waals surface area contributed by atoms with Crippen molar-refractivity contribution in [2.75, 3.05) is 44.4 Å². The maximum atomic E-state index is 5.52. The first-order valence-corrected chi connectivity index (χ1v) is 10.7. The summed E-state index contributed by atoms with van der Waals surface area (Å²) in [6, 6.07) is 16.5. The molecule has 150 valence electrons. The van der Waals surface area contributed by atoms with Crippen LogP contribution in [0.1, 0.15) is 36.5 Å². The summed E-state index contributed by atoms with van der Waals surface area (Å²) in [4.78, 5) is 2.43. The van der Waals surface area contributed by atoms with Crippen LogP contribution in [0.4, 0.5) is 5.69 Å². The van der Waals surface area contributed by atoms with E-state index in [2.05, 4.69) is 45.1 Å². The van der Waals surface area contributed by atoms with Crippen molar-refractivity contribution in [2.24, 2.45) is 0 Å². The second-order valence-electron chi connectivity index (χ2n) is 6.99. The molecule has 0 aliphatic carbocycles. The van der Waals surface area contributed by atoms with E-state index in [1.54, 1.807) is 0 Å². The molecule has 0 unspecified atom stereocenters. The van der Waals surface area contributed by atoms with E-state index in [4.69, 9.17) is 18.9 Å². The summed E-state index contributed by atoms with van der Waals surface area (Å²) in [6.07, 6.45) is 2.30. The molecule has 2 aromatic carbocycles. The number of rotatable bonds is 3. The molecule has 0 atom stereocenters. The zero-order valence-corrected chi connectivity index (χ0v) is 17.5. The summed E-state index contributed by atoms with van der Waals surface area (Å²) >= 11 is 3.40. The van der Waals surface area contributed by atoms with Gasteiger partial charge in [-0.2, -0.15) is 0 Å². The Balaban J connectivity index is 0.000000143. The van der Waals surface area contributed by atoms with Gasteiger partial charge in [-0.1, -0.05) is 40.2 Å². The van der Waals surface area contributed by atoms with Crippen molar-refractivity contribution in [3.8, 4) is 0 Å². The van der Waals surface area contributed by atoms with Crippen LogP contribution in [-0.2, 0) is 18.9 Å². The van der Waals surface area contributed by atoms with Crippen molar-refractivity contribution < 1.29 is 18.9 Å². The highest BCUT2D eigenvalue weighted by Crippen LogP contribution is 2.28.